The van der Waals surface area contributed by atoms with Gasteiger partial charge >= 0.3 is 5.97 Å². The van der Waals surface area contributed by atoms with Crippen molar-refractivity contribution in [1.82, 2.24) is 0 Å². The summed E-state index contributed by atoms with van der Waals surface area (Å²) in [5.41, 5.74) is 1.05. The van der Waals surface area contributed by atoms with Crippen LogP contribution in [-0.4, -0.2) is 37.4 Å². The van der Waals surface area contributed by atoms with Crippen LogP contribution in [0.3, 0.4) is 0 Å². The molecule has 0 bridgehead atoms. The van der Waals surface area contributed by atoms with E-state index in [0.29, 0.717) is 32.2 Å². The van der Waals surface area contributed by atoms with Gasteiger partial charge in [0.05, 0.1) is 28.8 Å². The predicted molar refractivity (Wildman–Crippen MR) is 123 cm³/mol. The van der Waals surface area contributed by atoms with Crippen molar-refractivity contribution in [3.8, 4) is 11.5 Å². The summed E-state index contributed by atoms with van der Waals surface area (Å²) in [5.74, 6) is -0.268. The van der Waals surface area contributed by atoms with Crippen molar-refractivity contribution in [1.29, 1.82) is 0 Å². The van der Waals surface area contributed by atoms with Crippen LogP contribution < -0.4 is 14.4 Å². The molecule has 0 radical (unpaired) electrons. The molecule has 2 amide bonds. The third-order valence-electron chi connectivity index (χ3n) is 4.07. The third kappa shape index (κ3) is 5.41. The zero-order valence-electron chi connectivity index (χ0n) is 16.5. The first kappa shape index (κ1) is 23.2. The summed E-state index contributed by atoms with van der Waals surface area (Å²) >= 11 is 10.1. The van der Waals surface area contributed by atoms with Crippen molar-refractivity contribution in [2.75, 3.05) is 25.2 Å². The number of benzene rings is 2. The lowest BCUT2D eigenvalue weighted by atomic mass is 10.1. The molecule has 1 aliphatic heterocycles. The van der Waals surface area contributed by atoms with E-state index < -0.39 is 17.1 Å². The maximum absolute atomic E-state index is 12.8. The first-order valence-electron chi connectivity index (χ1n) is 9.03. The average Bonchev–Trinajstić information content (AvgIpc) is 3.00. The SMILES string of the molecule is CCOC(=O)COc1c(Br)cc(/C=C2/SC(=O)N(c3ccc(Cl)cc3)C2=O)cc1OC. The Bertz CT molecular complexity index is 1060. The van der Waals surface area contributed by atoms with Gasteiger partial charge in [-0.05, 0) is 82.7 Å². The zero-order chi connectivity index (χ0) is 22.5. The lowest BCUT2D eigenvalue weighted by Crippen LogP contribution is -2.27. The first-order chi connectivity index (χ1) is 14.8. The first-order valence-corrected chi connectivity index (χ1v) is 11.0. The normalized spacial score (nSPS) is 14.8. The Morgan fingerprint density at radius 1 is 1.23 bits per heavy atom. The Kier molecular flexibility index (Phi) is 7.64. The van der Waals surface area contributed by atoms with Crippen LogP contribution in [0.25, 0.3) is 6.08 Å². The molecule has 0 aromatic heterocycles. The summed E-state index contributed by atoms with van der Waals surface area (Å²) in [6.07, 6.45) is 1.59. The van der Waals surface area contributed by atoms with E-state index in [1.165, 1.54) is 7.11 Å². The van der Waals surface area contributed by atoms with Crippen molar-refractivity contribution >= 4 is 68.2 Å². The number of methoxy groups -OCH3 is 1. The Morgan fingerprint density at radius 3 is 2.58 bits per heavy atom. The van der Waals surface area contributed by atoms with E-state index in [1.54, 1.807) is 49.4 Å². The summed E-state index contributed by atoms with van der Waals surface area (Å²) in [7, 11) is 1.46. The number of esters is 1. The van der Waals surface area contributed by atoms with Crippen molar-refractivity contribution in [3.05, 3.63) is 56.4 Å². The number of nitrogens with zero attached hydrogens (tertiary/aromatic N) is 1. The number of halogens is 2. The molecule has 1 fully saturated rings. The van der Waals surface area contributed by atoms with E-state index in [1.807, 2.05) is 0 Å². The highest BCUT2D eigenvalue weighted by molar-refractivity contribution is 9.10. The minimum absolute atomic E-state index is 0.254. The van der Waals surface area contributed by atoms with Gasteiger partial charge in [-0.3, -0.25) is 9.59 Å². The van der Waals surface area contributed by atoms with E-state index in [4.69, 9.17) is 25.8 Å². The number of hydrogen-bond acceptors (Lipinski definition) is 7. The Hall–Kier alpha value is -2.49. The van der Waals surface area contributed by atoms with Crippen LogP contribution in [-0.2, 0) is 14.3 Å². The smallest absolute Gasteiger partial charge is 0.344 e. The summed E-state index contributed by atoms with van der Waals surface area (Å²) in [6, 6.07) is 9.77. The van der Waals surface area contributed by atoms with Gasteiger partial charge < -0.3 is 14.2 Å². The van der Waals surface area contributed by atoms with Gasteiger partial charge in [-0.1, -0.05) is 11.6 Å². The molecule has 1 aliphatic rings. The molecule has 1 saturated heterocycles. The Balaban J connectivity index is 1.85. The summed E-state index contributed by atoms with van der Waals surface area (Å²) in [6.45, 7) is 1.68. The van der Waals surface area contributed by atoms with Crippen LogP contribution in [0.2, 0.25) is 5.02 Å². The molecule has 2 aromatic carbocycles. The summed E-state index contributed by atoms with van der Waals surface area (Å²) in [4.78, 5) is 38.1. The Labute approximate surface area is 196 Å². The molecule has 10 heteroatoms. The summed E-state index contributed by atoms with van der Waals surface area (Å²) in [5, 5.41) is 0.104. The van der Waals surface area contributed by atoms with Crippen LogP contribution >= 0.6 is 39.3 Å². The standard InChI is InChI=1S/C21H17BrClNO6S/c1-3-29-18(25)11-30-19-15(22)8-12(9-16(19)28-2)10-17-20(26)24(21(27)31-17)14-6-4-13(23)5-7-14/h4-10H,3,11H2,1-2H3/b17-10+. The molecule has 0 unspecified atom stereocenters. The molecule has 0 aliphatic carbocycles. The van der Waals surface area contributed by atoms with Gasteiger partial charge in [-0.2, -0.15) is 0 Å². The van der Waals surface area contributed by atoms with Gasteiger partial charge in [-0.25, -0.2) is 9.69 Å². The highest BCUT2D eigenvalue weighted by Crippen LogP contribution is 2.40. The average molecular weight is 527 g/mol. The lowest BCUT2D eigenvalue weighted by molar-refractivity contribution is -0.145. The number of carbonyl (C=O) groups excluding carboxylic acids is 3. The van der Waals surface area contributed by atoms with Crippen LogP contribution in [0.15, 0.2) is 45.8 Å². The second-order valence-corrected chi connectivity index (χ2v) is 8.41. The zero-order valence-corrected chi connectivity index (χ0v) is 19.7. The molecule has 7 nitrogen and oxygen atoms in total. The third-order valence-corrected chi connectivity index (χ3v) is 5.78. The largest absolute Gasteiger partial charge is 0.493 e. The molecule has 0 saturated carbocycles. The van der Waals surface area contributed by atoms with Crippen molar-refractivity contribution in [2.24, 2.45) is 0 Å². The minimum atomic E-state index is -0.503. The van der Waals surface area contributed by atoms with Gasteiger partial charge in [-0.15, -0.1) is 0 Å². The summed E-state index contributed by atoms with van der Waals surface area (Å²) < 4.78 is 16.2. The molecule has 31 heavy (non-hydrogen) atoms. The number of rotatable bonds is 7. The van der Waals surface area contributed by atoms with E-state index in [2.05, 4.69) is 15.9 Å². The Morgan fingerprint density at radius 2 is 1.94 bits per heavy atom. The number of thioether (sulfide) groups is 1. The molecule has 3 rings (SSSR count). The van der Waals surface area contributed by atoms with E-state index >= 15 is 0 Å². The topological polar surface area (TPSA) is 82.1 Å². The predicted octanol–water partition coefficient (Wildman–Crippen LogP) is 5.29. The fourth-order valence-electron chi connectivity index (χ4n) is 2.73. The van der Waals surface area contributed by atoms with E-state index in [-0.39, 0.29) is 18.1 Å². The number of carbonyl (C=O) groups is 3. The fourth-order valence-corrected chi connectivity index (χ4v) is 4.27. The second kappa shape index (κ2) is 10.2. The van der Waals surface area contributed by atoms with Crippen LogP contribution in [0, 0.1) is 0 Å². The van der Waals surface area contributed by atoms with Gasteiger partial charge in [0.1, 0.15) is 0 Å². The van der Waals surface area contributed by atoms with Gasteiger partial charge in [0.15, 0.2) is 18.1 Å². The monoisotopic (exact) mass is 525 g/mol. The molecule has 0 N–H and O–H groups in total. The molecular weight excluding hydrogens is 510 g/mol. The van der Waals surface area contributed by atoms with Crippen LogP contribution in [0.1, 0.15) is 12.5 Å². The highest BCUT2D eigenvalue weighted by atomic mass is 79.9. The molecule has 0 spiro atoms. The fraction of sp³-hybridized carbons (Fsp3) is 0.190. The highest BCUT2D eigenvalue weighted by Gasteiger charge is 2.36. The van der Waals surface area contributed by atoms with Crippen LogP contribution in [0.4, 0.5) is 10.5 Å². The number of hydrogen-bond donors (Lipinski definition) is 0. The van der Waals surface area contributed by atoms with Crippen molar-refractivity contribution in [3.63, 3.8) is 0 Å². The molecule has 1 heterocycles. The molecule has 162 valence electrons. The van der Waals surface area contributed by atoms with E-state index in [9.17, 15) is 14.4 Å². The minimum Gasteiger partial charge on any atom is -0.493 e. The number of ether oxygens (including phenoxy) is 3. The number of amides is 2. The lowest BCUT2D eigenvalue weighted by Gasteiger charge is -2.13. The second-order valence-electron chi connectivity index (χ2n) is 6.12. The van der Waals surface area contributed by atoms with Crippen LogP contribution in [0.5, 0.6) is 11.5 Å². The maximum atomic E-state index is 12.8. The van der Waals surface area contributed by atoms with Crippen molar-refractivity contribution < 1.29 is 28.6 Å². The molecule has 2 aromatic rings. The van der Waals surface area contributed by atoms with E-state index in [0.717, 1.165) is 16.7 Å². The van der Waals surface area contributed by atoms with Gasteiger partial charge in [0.25, 0.3) is 11.1 Å². The molecular formula is C21H17BrClNO6S. The van der Waals surface area contributed by atoms with Crippen molar-refractivity contribution in [2.45, 2.75) is 6.92 Å². The molecule has 0 atom stereocenters. The van der Waals surface area contributed by atoms with Gasteiger partial charge in [0.2, 0.25) is 0 Å². The number of anilines is 1. The number of imide groups is 1. The van der Waals surface area contributed by atoms with Gasteiger partial charge in [0, 0.05) is 5.02 Å². The quantitative estimate of drug-likeness (QED) is 0.358. The maximum Gasteiger partial charge on any atom is 0.344 e.